The summed E-state index contributed by atoms with van der Waals surface area (Å²) in [5, 5.41) is 7.36. The van der Waals surface area contributed by atoms with Crippen LogP contribution in [0.1, 0.15) is 17.7 Å². The Labute approximate surface area is 178 Å². The molecule has 1 N–H and O–H groups in total. The Morgan fingerprint density at radius 3 is 3.07 bits per heavy atom. The van der Waals surface area contributed by atoms with Gasteiger partial charge in [-0.1, -0.05) is 0 Å². The monoisotopic (exact) mass is 427 g/mol. The largest absolute Gasteiger partial charge is 0.474 e. The molecule has 1 aliphatic heterocycles. The van der Waals surface area contributed by atoms with Gasteiger partial charge in [0.1, 0.15) is 12.7 Å². The van der Waals surface area contributed by atoms with Crippen molar-refractivity contribution < 1.29 is 14.3 Å². The van der Waals surface area contributed by atoms with Crippen LogP contribution in [0.5, 0.6) is 5.88 Å². The van der Waals surface area contributed by atoms with Crippen molar-refractivity contribution in [2.75, 3.05) is 38.7 Å². The molecular formula is C21H25N5O3S. The number of rotatable bonds is 6. The molecule has 1 saturated carbocycles. The van der Waals surface area contributed by atoms with Gasteiger partial charge in [-0.2, -0.15) is 9.47 Å². The molecule has 0 unspecified atom stereocenters. The molecule has 1 saturated heterocycles. The Balaban J connectivity index is 1.35. The Morgan fingerprint density at radius 1 is 1.40 bits per heavy atom. The first-order valence-corrected chi connectivity index (χ1v) is 11.0. The molecule has 0 radical (unpaired) electrons. The van der Waals surface area contributed by atoms with Crippen molar-refractivity contribution in [1.82, 2.24) is 18.9 Å². The molecule has 30 heavy (non-hydrogen) atoms. The van der Waals surface area contributed by atoms with Gasteiger partial charge in [-0.25, -0.2) is 4.52 Å². The van der Waals surface area contributed by atoms with E-state index < -0.39 is 0 Å². The molecule has 0 spiro atoms. The van der Waals surface area contributed by atoms with Crippen LogP contribution in [0.3, 0.4) is 0 Å². The molecule has 4 heterocycles. The number of morpholine rings is 1. The highest BCUT2D eigenvalue weighted by molar-refractivity contribution is 7.06. The summed E-state index contributed by atoms with van der Waals surface area (Å²) in [6.45, 7) is 5.06. The maximum Gasteiger partial charge on any atom is 0.233 e. The average Bonchev–Trinajstić information content (AvgIpc) is 3.41. The zero-order valence-corrected chi connectivity index (χ0v) is 17.9. The number of ether oxygens (including phenoxy) is 2. The fourth-order valence-electron chi connectivity index (χ4n) is 3.70. The highest BCUT2D eigenvalue weighted by atomic mass is 32.1. The van der Waals surface area contributed by atoms with E-state index >= 15 is 0 Å². The summed E-state index contributed by atoms with van der Waals surface area (Å²) in [6.07, 6.45) is 3.89. The van der Waals surface area contributed by atoms with Crippen LogP contribution in [-0.4, -0.2) is 64.2 Å². The van der Waals surface area contributed by atoms with E-state index in [1.807, 2.05) is 31.3 Å². The van der Waals surface area contributed by atoms with E-state index in [0.717, 1.165) is 54.1 Å². The second kappa shape index (κ2) is 7.98. The van der Waals surface area contributed by atoms with Gasteiger partial charge in [0.15, 0.2) is 5.82 Å². The van der Waals surface area contributed by atoms with Crippen LogP contribution in [0.2, 0.25) is 0 Å². The van der Waals surface area contributed by atoms with Crippen molar-refractivity contribution in [2.24, 2.45) is 5.92 Å². The molecule has 0 bridgehead atoms. The molecule has 1 aliphatic carbocycles. The summed E-state index contributed by atoms with van der Waals surface area (Å²) >= 11 is 1.44. The summed E-state index contributed by atoms with van der Waals surface area (Å²) in [7, 11) is 2.09. The molecule has 3 aromatic heterocycles. The number of likely N-dealkylation sites (N-methyl/N-ethyl adjacent to an activating group) is 1. The summed E-state index contributed by atoms with van der Waals surface area (Å²) in [4.78, 5) is 15.4. The van der Waals surface area contributed by atoms with Crippen molar-refractivity contribution in [3.05, 3.63) is 29.3 Å². The topological polar surface area (TPSA) is 81.0 Å². The van der Waals surface area contributed by atoms with Crippen molar-refractivity contribution in [2.45, 2.75) is 25.9 Å². The van der Waals surface area contributed by atoms with Crippen molar-refractivity contribution in [1.29, 1.82) is 0 Å². The van der Waals surface area contributed by atoms with E-state index in [2.05, 4.69) is 26.7 Å². The molecule has 9 heteroatoms. The van der Waals surface area contributed by atoms with E-state index in [-0.39, 0.29) is 17.9 Å². The van der Waals surface area contributed by atoms with Gasteiger partial charge in [0.2, 0.25) is 11.8 Å². The first-order chi connectivity index (χ1) is 14.6. The van der Waals surface area contributed by atoms with Crippen LogP contribution in [-0.2, 0) is 9.53 Å². The van der Waals surface area contributed by atoms with Gasteiger partial charge in [0.05, 0.1) is 17.7 Å². The molecule has 0 aromatic carbocycles. The lowest BCUT2D eigenvalue weighted by atomic mass is 10.1. The van der Waals surface area contributed by atoms with Crippen molar-refractivity contribution in [3.63, 3.8) is 0 Å². The third-order valence-corrected chi connectivity index (χ3v) is 6.27. The first-order valence-electron chi connectivity index (χ1n) is 10.3. The van der Waals surface area contributed by atoms with Crippen LogP contribution in [0, 0.1) is 12.8 Å². The number of amides is 1. The summed E-state index contributed by atoms with van der Waals surface area (Å²) in [5.74, 6) is 1.43. The van der Waals surface area contributed by atoms with Gasteiger partial charge in [0, 0.05) is 36.1 Å². The maximum atomic E-state index is 12.0. The third-order valence-electron chi connectivity index (χ3n) is 5.53. The highest BCUT2D eigenvalue weighted by Gasteiger charge is 2.30. The van der Waals surface area contributed by atoms with Crippen LogP contribution < -0.4 is 10.1 Å². The SMILES string of the molecule is Cc1snc(OC[C@H]2CN(C)CCO2)c1-c1ccn2nc(NC(=O)C3CC3)cc2c1. The van der Waals surface area contributed by atoms with Gasteiger partial charge < -0.3 is 19.7 Å². The molecule has 1 atom stereocenters. The third kappa shape index (κ3) is 4.05. The minimum Gasteiger partial charge on any atom is -0.474 e. The second-order valence-corrected chi connectivity index (χ2v) is 9.04. The number of pyridine rings is 1. The number of hydrogen-bond donors (Lipinski definition) is 1. The summed E-state index contributed by atoms with van der Waals surface area (Å²) in [5.41, 5.74) is 2.93. The molecule has 3 aromatic rings. The van der Waals surface area contributed by atoms with Crippen molar-refractivity contribution in [3.8, 4) is 17.0 Å². The number of aromatic nitrogens is 3. The van der Waals surface area contributed by atoms with Gasteiger partial charge >= 0.3 is 0 Å². The fourth-order valence-corrected chi connectivity index (χ4v) is 4.36. The van der Waals surface area contributed by atoms with Crippen LogP contribution in [0.4, 0.5) is 5.82 Å². The highest BCUT2D eigenvalue weighted by Crippen LogP contribution is 2.36. The smallest absolute Gasteiger partial charge is 0.233 e. The van der Waals surface area contributed by atoms with E-state index in [9.17, 15) is 4.79 Å². The number of fused-ring (bicyclic) bond motifs is 1. The number of nitrogens with one attached hydrogen (secondary N) is 1. The van der Waals surface area contributed by atoms with Gasteiger partial charge in [-0.3, -0.25) is 4.79 Å². The van der Waals surface area contributed by atoms with E-state index in [4.69, 9.17) is 9.47 Å². The molecule has 2 fully saturated rings. The standard InChI is InChI=1S/C21H25N5O3S/c1-13-19(21(24-30-13)29-12-17-11-25(2)7-8-28-17)15-5-6-26-16(9-15)10-18(23-26)22-20(27)14-3-4-14/h5-6,9-10,14,17H,3-4,7-8,11-12H2,1-2H3,(H,22,23,27)/t17-/m1/s1. The van der Waals surface area contributed by atoms with E-state index in [1.165, 1.54) is 11.5 Å². The Kier molecular flexibility index (Phi) is 5.18. The summed E-state index contributed by atoms with van der Waals surface area (Å²) < 4.78 is 18.2. The van der Waals surface area contributed by atoms with Gasteiger partial charge in [-0.05, 0) is 56.0 Å². The number of nitrogens with zero attached hydrogens (tertiary/aromatic N) is 4. The second-order valence-electron chi connectivity index (χ2n) is 8.06. The number of hydrogen-bond acceptors (Lipinski definition) is 7. The molecule has 1 amide bonds. The lowest BCUT2D eigenvalue weighted by Gasteiger charge is -2.29. The molecular weight excluding hydrogens is 402 g/mol. The van der Waals surface area contributed by atoms with Gasteiger partial charge in [-0.15, -0.1) is 0 Å². The van der Waals surface area contributed by atoms with Crippen LogP contribution >= 0.6 is 11.5 Å². The first kappa shape index (κ1) is 19.5. The fraction of sp³-hybridized carbons (Fsp3) is 0.476. The molecule has 8 nitrogen and oxygen atoms in total. The Morgan fingerprint density at radius 2 is 2.27 bits per heavy atom. The molecule has 5 rings (SSSR count). The Bertz CT molecular complexity index is 1070. The number of carbonyl (C=O) groups is 1. The summed E-state index contributed by atoms with van der Waals surface area (Å²) in [6, 6.07) is 5.94. The molecule has 2 aliphatic rings. The number of carbonyl (C=O) groups excluding carboxylic acids is 1. The lowest BCUT2D eigenvalue weighted by Crippen LogP contribution is -2.42. The zero-order chi connectivity index (χ0) is 20.7. The predicted octanol–water partition coefficient (Wildman–Crippen LogP) is 2.82. The van der Waals surface area contributed by atoms with Crippen LogP contribution in [0.15, 0.2) is 24.4 Å². The zero-order valence-electron chi connectivity index (χ0n) is 17.1. The average molecular weight is 428 g/mol. The minimum absolute atomic E-state index is 0.0496. The minimum atomic E-state index is 0.0496. The van der Waals surface area contributed by atoms with Crippen molar-refractivity contribution >= 4 is 28.8 Å². The van der Waals surface area contributed by atoms with Gasteiger partial charge in [0.25, 0.3) is 0 Å². The van der Waals surface area contributed by atoms with E-state index in [1.54, 1.807) is 4.52 Å². The quantitative estimate of drug-likeness (QED) is 0.652. The molecule has 158 valence electrons. The predicted molar refractivity (Wildman–Crippen MR) is 115 cm³/mol. The lowest BCUT2D eigenvalue weighted by molar-refractivity contribution is -0.117. The number of aryl methyl sites for hydroxylation is 1. The maximum absolute atomic E-state index is 12.0. The number of anilines is 1. The Hall–Kier alpha value is -2.49. The van der Waals surface area contributed by atoms with Crippen LogP contribution in [0.25, 0.3) is 16.6 Å². The van der Waals surface area contributed by atoms with E-state index in [0.29, 0.717) is 18.3 Å². The normalized spacial score (nSPS) is 19.9.